The molecule has 0 radical (unpaired) electrons. The molecule has 6 amide bonds. The molecular weight excluding hydrogens is 930 g/mol. The highest BCUT2D eigenvalue weighted by Crippen LogP contribution is 2.46. The Morgan fingerprint density at radius 3 is 2.27 bits per heavy atom. The van der Waals surface area contributed by atoms with Crippen LogP contribution in [0.1, 0.15) is 59.0 Å². The van der Waals surface area contributed by atoms with E-state index in [1.165, 1.54) is 17.0 Å². The number of H-pyrrole nitrogens is 1. The molecule has 1 aromatic heterocycles. The first-order valence-corrected chi connectivity index (χ1v) is 23.2. The minimum absolute atomic E-state index is 0.0998. The molecule has 7 rings (SSSR count). The molecule has 22 heteroatoms. The highest BCUT2D eigenvalue weighted by molar-refractivity contribution is 6.19. The van der Waals surface area contributed by atoms with Crippen molar-refractivity contribution in [2.24, 2.45) is 17.4 Å². The molecule has 8 atom stereocenters. The van der Waals surface area contributed by atoms with Gasteiger partial charge in [-0.15, -0.1) is 11.6 Å². The summed E-state index contributed by atoms with van der Waals surface area (Å²) < 4.78 is 11.5. The van der Waals surface area contributed by atoms with Crippen LogP contribution in [0.5, 0.6) is 5.75 Å². The van der Waals surface area contributed by atoms with Crippen molar-refractivity contribution in [3.8, 4) is 5.75 Å². The highest BCUT2D eigenvalue weighted by atomic mass is 35.5. The lowest BCUT2D eigenvalue weighted by Crippen LogP contribution is -2.61. The summed E-state index contributed by atoms with van der Waals surface area (Å²) in [6, 6.07) is 19.3. The molecule has 0 bridgehead atoms. The minimum Gasteiger partial charge on any atom is -0.479 e. The van der Waals surface area contributed by atoms with Crippen LogP contribution in [0.2, 0.25) is 0 Å². The van der Waals surface area contributed by atoms with E-state index in [2.05, 4.69) is 31.6 Å². The molecule has 2 aliphatic rings. The fourth-order valence-electron chi connectivity index (χ4n) is 8.63. The number of primary amides is 1. The molecule has 0 spiro atoms. The summed E-state index contributed by atoms with van der Waals surface area (Å²) in [4.78, 5) is 82.3. The number of carbonyl (C=O) groups excluding carboxylic acids is 5. The van der Waals surface area contributed by atoms with Gasteiger partial charge in [0.2, 0.25) is 18.1 Å². The number of nitrogens with two attached hydrogens (primary N) is 2. The van der Waals surface area contributed by atoms with Crippen molar-refractivity contribution in [2.75, 3.05) is 47.6 Å². The smallest absolute Gasteiger partial charge is 0.335 e. The Hall–Kier alpha value is -6.85. The van der Waals surface area contributed by atoms with Crippen LogP contribution >= 0.6 is 11.6 Å². The average Bonchev–Trinajstić information content (AvgIpc) is 3.94. The summed E-state index contributed by atoms with van der Waals surface area (Å²) >= 11 is 6.50. The summed E-state index contributed by atoms with van der Waals surface area (Å²) in [5.41, 5.74) is 13.9. The maximum Gasteiger partial charge on any atom is 0.335 e. The number of nitrogens with one attached hydrogen (secondary N) is 6. The zero-order valence-electron chi connectivity index (χ0n) is 38.2. The van der Waals surface area contributed by atoms with Gasteiger partial charge in [0.05, 0.1) is 11.7 Å². The minimum atomic E-state index is -1.92. The second-order valence-electron chi connectivity index (χ2n) is 17.4. The molecule has 4 aromatic carbocycles. The number of carboxylic acid groups (broad SMARTS) is 1. The van der Waals surface area contributed by atoms with E-state index in [0.717, 1.165) is 5.56 Å². The van der Waals surface area contributed by atoms with Crippen LogP contribution in [0, 0.1) is 5.92 Å². The zero-order chi connectivity index (χ0) is 50.4. The van der Waals surface area contributed by atoms with Gasteiger partial charge in [-0.1, -0.05) is 38.1 Å². The quantitative estimate of drug-likeness (QED) is 0.0417. The number of carboxylic acids is 1. The van der Waals surface area contributed by atoms with Crippen LogP contribution in [0.15, 0.2) is 78.9 Å². The SMILES string of the molecule is CC(C)[C@H](NCCN)C(=O)N[C@@H](CCCNC(N)=O)C(=O)Nc1ccc(C(=O)Nc2ccc3[nH]c(C(=O)N4C[C@@H](CCl)c5c4cc(O[C@H]4O[C@H](C(=O)O)[C@@H](O)[C@H](O)[C@H]4O)c4ccccc54)cc3c2)cc1. The fraction of sp³-hybridized carbons (Fsp3) is 0.375. The predicted octanol–water partition coefficient (Wildman–Crippen LogP) is 2.27. The van der Waals surface area contributed by atoms with Crippen molar-refractivity contribution in [2.45, 2.75) is 75.4 Å². The Morgan fingerprint density at radius 1 is 0.886 bits per heavy atom. The number of carbonyl (C=O) groups is 6. The largest absolute Gasteiger partial charge is 0.479 e. The number of hydrogen-bond donors (Lipinski definition) is 12. The highest BCUT2D eigenvalue weighted by Gasteiger charge is 2.48. The van der Waals surface area contributed by atoms with Crippen molar-refractivity contribution in [3.63, 3.8) is 0 Å². The molecular formula is C48H56ClN9O12. The number of ether oxygens (including phenoxy) is 2. The van der Waals surface area contributed by atoms with Crippen molar-refractivity contribution in [1.82, 2.24) is 20.9 Å². The third kappa shape index (κ3) is 11.3. The van der Waals surface area contributed by atoms with Gasteiger partial charge in [-0.25, -0.2) is 9.59 Å². The van der Waals surface area contributed by atoms with Gasteiger partial charge in [-0.2, -0.15) is 0 Å². The summed E-state index contributed by atoms with van der Waals surface area (Å²) in [5.74, 6) is -3.46. The maximum absolute atomic E-state index is 14.4. The Bertz CT molecular complexity index is 2750. The van der Waals surface area contributed by atoms with Gasteiger partial charge in [0.1, 0.15) is 35.8 Å². The molecule has 1 fully saturated rings. The number of amides is 6. The van der Waals surface area contributed by atoms with Gasteiger partial charge in [-0.05, 0) is 78.2 Å². The standard InChI is InChI=1S/C48H56ClN9O12/c1-23(2)37(52-17-15-50)44(64)57-32(8-5-16-53-48(51)68)43(63)54-27-11-9-24(10-12-27)42(62)55-28-13-14-31-25(18-28)19-33(56-31)45(65)58-22-26(21-49)36-30-7-4-3-6-29(30)35(20-34(36)58)69-47-40(61)38(59)39(60)41(70-47)46(66)67/h3-4,6-7,9-14,18-20,23,26,32,37-41,47,52,56,59-61H,5,8,15-17,21-22,50H2,1-2H3,(H,54,63)(H,55,62)(H,57,64)(H,66,67)(H3,51,53,68)/t26-,32+,37+,38+,39+,40-,41+,47+/m1/s1. The van der Waals surface area contributed by atoms with E-state index in [-0.39, 0.29) is 60.1 Å². The second-order valence-corrected chi connectivity index (χ2v) is 17.7. The molecule has 2 aliphatic heterocycles. The van der Waals surface area contributed by atoms with E-state index in [4.69, 9.17) is 32.5 Å². The number of nitrogens with zero attached hydrogens (tertiary/aromatic N) is 1. The van der Waals surface area contributed by atoms with Crippen LogP contribution < -0.4 is 47.7 Å². The van der Waals surface area contributed by atoms with Crippen molar-refractivity contribution >= 4 is 86.0 Å². The molecule has 14 N–H and O–H groups in total. The number of aliphatic carboxylic acids is 1. The van der Waals surface area contributed by atoms with E-state index in [1.807, 2.05) is 19.9 Å². The number of aromatic nitrogens is 1. The number of alkyl halides is 1. The van der Waals surface area contributed by atoms with Crippen LogP contribution in [0.4, 0.5) is 21.9 Å². The first-order chi connectivity index (χ1) is 33.5. The monoisotopic (exact) mass is 985 g/mol. The molecule has 0 saturated carbocycles. The van der Waals surface area contributed by atoms with Crippen molar-refractivity contribution in [3.05, 3.63) is 95.7 Å². The molecule has 70 heavy (non-hydrogen) atoms. The predicted molar refractivity (Wildman–Crippen MR) is 260 cm³/mol. The number of halogens is 1. The summed E-state index contributed by atoms with van der Waals surface area (Å²) in [7, 11) is 0. The first kappa shape index (κ1) is 51.0. The number of aliphatic hydroxyl groups is 3. The zero-order valence-corrected chi connectivity index (χ0v) is 38.9. The number of urea groups is 1. The molecule has 1 saturated heterocycles. The number of anilines is 3. The van der Waals surface area contributed by atoms with Gasteiger partial charge in [0.25, 0.3) is 11.8 Å². The van der Waals surface area contributed by atoms with E-state index < -0.39 is 72.5 Å². The van der Waals surface area contributed by atoms with Crippen molar-refractivity contribution < 1.29 is 58.7 Å². The number of benzene rings is 4. The molecule has 5 aromatic rings. The fourth-order valence-corrected chi connectivity index (χ4v) is 8.88. The third-order valence-electron chi connectivity index (χ3n) is 12.2. The van der Waals surface area contributed by atoms with Crippen molar-refractivity contribution in [1.29, 1.82) is 0 Å². The Morgan fingerprint density at radius 2 is 1.60 bits per heavy atom. The first-order valence-electron chi connectivity index (χ1n) is 22.6. The van der Waals surface area contributed by atoms with Gasteiger partial charge >= 0.3 is 12.0 Å². The second kappa shape index (κ2) is 22.3. The number of aromatic amines is 1. The topological polar surface area (TPSA) is 333 Å². The van der Waals surface area contributed by atoms with Gasteiger partial charge in [0.15, 0.2) is 6.10 Å². The van der Waals surface area contributed by atoms with E-state index in [0.29, 0.717) is 58.2 Å². The number of aliphatic hydroxyl groups excluding tert-OH is 3. The Balaban J connectivity index is 1.04. The molecule has 21 nitrogen and oxygen atoms in total. The summed E-state index contributed by atoms with van der Waals surface area (Å²) in [6.07, 6.45) is -8.68. The van der Waals surface area contributed by atoms with Crippen LogP contribution in [-0.4, -0.2) is 136 Å². The summed E-state index contributed by atoms with van der Waals surface area (Å²) in [5, 5.41) is 56.9. The molecule has 372 valence electrons. The molecule has 0 aliphatic carbocycles. The Kier molecular flexibility index (Phi) is 16.2. The lowest BCUT2D eigenvalue weighted by Gasteiger charge is -2.38. The van der Waals surface area contributed by atoms with Gasteiger partial charge in [0, 0.05) is 77.3 Å². The van der Waals surface area contributed by atoms with E-state index in [9.17, 15) is 49.2 Å². The van der Waals surface area contributed by atoms with Gasteiger partial charge < -0.3 is 77.8 Å². The number of rotatable bonds is 19. The maximum atomic E-state index is 14.4. The normalized spacial score (nSPS) is 20.7. The lowest BCUT2D eigenvalue weighted by atomic mass is 9.95. The molecule has 0 unspecified atom stereocenters. The Labute approximate surface area is 406 Å². The van der Waals surface area contributed by atoms with E-state index in [1.54, 1.807) is 60.7 Å². The lowest BCUT2D eigenvalue weighted by molar-refractivity contribution is -0.270. The molecule has 3 heterocycles. The van der Waals surface area contributed by atoms with Crippen LogP contribution in [0.25, 0.3) is 21.7 Å². The van der Waals surface area contributed by atoms with Crippen LogP contribution in [0.3, 0.4) is 0 Å². The van der Waals surface area contributed by atoms with Crippen LogP contribution in [-0.2, 0) is 19.1 Å². The number of hydrogen-bond acceptors (Lipinski definition) is 13. The average molecular weight is 986 g/mol. The number of fused-ring (bicyclic) bond motifs is 4. The van der Waals surface area contributed by atoms with E-state index >= 15 is 0 Å². The summed E-state index contributed by atoms with van der Waals surface area (Å²) in [6.45, 7) is 4.84. The third-order valence-corrected chi connectivity index (χ3v) is 12.6. The van der Waals surface area contributed by atoms with Gasteiger partial charge in [-0.3, -0.25) is 19.2 Å².